The Morgan fingerprint density at radius 2 is 1.86 bits per heavy atom. The van der Waals surface area contributed by atoms with Crippen LogP contribution >= 0.6 is 28.1 Å². The van der Waals surface area contributed by atoms with Crippen LogP contribution in [-0.4, -0.2) is 10.9 Å². The average Bonchev–Trinajstić information content (AvgIpc) is 2.41. The highest BCUT2D eigenvalue weighted by Gasteiger charge is 2.17. The Balaban J connectivity index is 2.39. The van der Waals surface area contributed by atoms with E-state index in [0.29, 0.717) is 0 Å². The molecule has 2 aromatic rings. The van der Waals surface area contributed by atoms with E-state index in [2.05, 4.69) is 21.2 Å². The molecule has 0 aliphatic rings. The number of nitrogens with one attached hydrogen (secondary N) is 1. The first-order chi connectivity index (χ1) is 9.91. The molecular weight excluding hydrogens is 362 g/mol. The number of rotatable bonds is 3. The number of hydrogen-bond acceptors (Lipinski definition) is 2. The molecule has 2 rings (SSSR count). The van der Waals surface area contributed by atoms with E-state index in [1.165, 1.54) is 36.4 Å². The lowest BCUT2D eigenvalue weighted by Crippen LogP contribution is -2.19. The Kier molecular flexibility index (Phi) is 4.64. The maximum atomic E-state index is 13.9. The molecule has 0 aliphatic carbocycles. The van der Waals surface area contributed by atoms with Crippen LogP contribution in [0.1, 0.15) is 15.9 Å². The Hall–Kier alpha value is -1.86. The fourth-order valence-electron chi connectivity index (χ4n) is 1.75. The molecule has 1 amide bonds. The van der Waals surface area contributed by atoms with Crippen LogP contribution in [0.4, 0.5) is 14.5 Å². The molecule has 0 atom stereocenters. The van der Waals surface area contributed by atoms with Gasteiger partial charge in [-0.25, -0.2) is 8.78 Å². The number of thiocarbonyl (C=S) groups is 1. The first-order valence-electron chi connectivity index (χ1n) is 5.75. The zero-order valence-corrected chi connectivity index (χ0v) is 12.9. The maximum absolute atomic E-state index is 13.9. The van der Waals surface area contributed by atoms with Gasteiger partial charge < -0.3 is 11.1 Å². The predicted molar refractivity (Wildman–Crippen MR) is 84.3 cm³/mol. The van der Waals surface area contributed by atoms with Crippen molar-refractivity contribution in [2.24, 2.45) is 5.73 Å². The highest BCUT2D eigenvalue weighted by molar-refractivity contribution is 9.10. The Bertz CT molecular complexity index is 737. The quantitative estimate of drug-likeness (QED) is 0.811. The molecule has 0 spiro atoms. The topological polar surface area (TPSA) is 55.1 Å². The maximum Gasteiger partial charge on any atom is 0.258 e. The van der Waals surface area contributed by atoms with E-state index in [-0.39, 0.29) is 26.3 Å². The lowest BCUT2D eigenvalue weighted by atomic mass is 10.1. The number of anilines is 1. The van der Waals surface area contributed by atoms with E-state index in [9.17, 15) is 13.6 Å². The molecule has 0 radical (unpaired) electrons. The van der Waals surface area contributed by atoms with Gasteiger partial charge in [-0.3, -0.25) is 4.79 Å². The molecule has 2 aromatic carbocycles. The van der Waals surface area contributed by atoms with Crippen LogP contribution in [-0.2, 0) is 0 Å². The SMILES string of the molecule is NC(=S)c1c(F)cccc1NC(=O)c1cccc(Br)c1F. The number of hydrogen-bond donors (Lipinski definition) is 2. The third kappa shape index (κ3) is 3.25. The summed E-state index contributed by atoms with van der Waals surface area (Å²) in [5.74, 6) is -2.09. The van der Waals surface area contributed by atoms with Crippen LogP contribution in [0.25, 0.3) is 0 Å². The molecule has 0 heterocycles. The number of halogens is 3. The Labute approximate surface area is 133 Å². The number of nitrogens with two attached hydrogens (primary N) is 1. The van der Waals surface area contributed by atoms with E-state index < -0.39 is 17.5 Å². The van der Waals surface area contributed by atoms with E-state index in [1.807, 2.05) is 0 Å². The number of amides is 1. The van der Waals surface area contributed by atoms with Crippen molar-refractivity contribution < 1.29 is 13.6 Å². The summed E-state index contributed by atoms with van der Waals surface area (Å²) in [5, 5.41) is 2.41. The van der Waals surface area contributed by atoms with Gasteiger partial charge in [0.25, 0.3) is 5.91 Å². The normalized spacial score (nSPS) is 10.2. The summed E-state index contributed by atoms with van der Waals surface area (Å²) < 4.78 is 27.7. The van der Waals surface area contributed by atoms with Crippen LogP contribution in [0.3, 0.4) is 0 Å². The molecular formula is C14H9BrF2N2OS. The molecule has 7 heteroatoms. The summed E-state index contributed by atoms with van der Waals surface area (Å²) in [6.45, 7) is 0. The van der Waals surface area contributed by atoms with Gasteiger partial charge >= 0.3 is 0 Å². The summed E-state index contributed by atoms with van der Waals surface area (Å²) >= 11 is 7.75. The first kappa shape index (κ1) is 15.5. The van der Waals surface area contributed by atoms with Crippen LogP contribution in [0.5, 0.6) is 0 Å². The summed E-state index contributed by atoms with van der Waals surface area (Å²) in [7, 11) is 0. The molecule has 21 heavy (non-hydrogen) atoms. The van der Waals surface area contributed by atoms with Crippen molar-refractivity contribution in [3.8, 4) is 0 Å². The van der Waals surface area contributed by atoms with Gasteiger partial charge in [0.2, 0.25) is 0 Å². The predicted octanol–water partition coefficient (Wildman–Crippen LogP) is 3.61. The minimum Gasteiger partial charge on any atom is -0.389 e. The second-order valence-electron chi connectivity index (χ2n) is 4.08. The second kappa shape index (κ2) is 6.28. The second-order valence-corrected chi connectivity index (χ2v) is 5.38. The zero-order chi connectivity index (χ0) is 15.6. The van der Waals surface area contributed by atoms with Gasteiger partial charge in [-0.05, 0) is 40.2 Å². The summed E-state index contributed by atoms with van der Waals surface area (Å²) in [6, 6.07) is 8.30. The summed E-state index contributed by atoms with van der Waals surface area (Å²) in [5.41, 5.74) is 5.27. The summed E-state index contributed by atoms with van der Waals surface area (Å²) in [6.07, 6.45) is 0. The van der Waals surface area contributed by atoms with Crippen molar-refractivity contribution in [1.82, 2.24) is 0 Å². The molecule has 3 N–H and O–H groups in total. The fourth-order valence-corrected chi connectivity index (χ4v) is 2.32. The molecule has 3 nitrogen and oxygen atoms in total. The standard InChI is InChI=1S/C14H9BrF2N2OS/c15-8-4-1-3-7(12(8)17)14(20)19-10-6-2-5-9(16)11(10)13(18)21/h1-6H,(H2,18,21)(H,19,20). The van der Waals surface area contributed by atoms with Crippen LogP contribution in [0.15, 0.2) is 40.9 Å². The largest absolute Gasteiger partial charge is 0.389 e. The van der Waals surface area contributed by atoms with Crippen molar-refractivity contribution in [2.75, 3.05) is 5.32 Å². The van der Waals surface area contributed by atoms with Gasteiger partial charge in [0.05, 0.1) is 21.3 Å². The van der Waals surface area contributed by atoms with Crippen LogP contribution < -0.4 is 11.1 Å². The lowest BCUT2D eigenvalue weighted by molar-refractivity contribution is 0.102. The monoisotopic (exact) mass is 370 g/mol. The third-order valence-corrected chi connectivity index (χ3v) is 3.52. The molecule has 0 aromatic heterocycles. The highest BCUT2D eigenvalue weighted by Crippen LogP contribution is 2.22. The van der Waals surface area contributed by atoms with E-state index in [1.54, 1.807) is 0 Å². The van der Waals surface area contributed by atoms with Gasteiger partial charge in [0.15, 0.2) is 0 Å². The molecule has 0 unspecified atom stereocenters. The van der Waals surface area contributed by atoms with Crippen LogP contribution in [0.2, 0.25) is 0 Å². The molecule has 0 saturated carbocycles. The van der Waals surface area contributed by atoms with Crippen molar-refractivity contribution in [3.63, 3.8) is 0 Å². The Morgan fingerprint density at radius 1 is 1.19 bits per heavy atom. The molecule has 0 fully saturated rings. The van der Waals surface area contributed by atoms with Gasteiger partial charge in [0.1, 0.15) is 16.6 Å². The Morgan fingerprint density at radius 3 is 2.52 bits per heavy atom. The van der Waals surface area contributed by atoms with E-state index in [0.717, 1.165) is 0 Å². The van der Waals surface area contributed by atoms with Gasteiger partial charge in [-0.1, -0.05) is 24.4 Å². The average molecular weight is 371 g/mol. The van der Waals surface area contributed by atoms with Gasteiger partial charge in [-0.2, -0.15) is 0 Å². The lowest BCUT2D eigenvalue weighted by Gasteiger charge is -2.11. The number of carbonyl (C=O) groups excluding carboxylic acids is 1. The van der Waals surface area contributed by atoms with Crippen molar-refractivity contribution in [2.45, 2.75) is 0 Å². The van der Waals surface area contributed by atoms with E-state index >= 15 is 0 Å². The minimum absolute atomic E-state index is 0.0868. The zero-order valence-electron chi connectivity index (χ0n) is 10.5. The first-order valence-corrected chi connectivity index (χ1v) is 6.95. The van der Waals surface area contributed by atoms with Crippen molar-refractivity contribution >= 4 is 44.7 Å². The van der Waals surface area contributed by atoms with E-state index in [4.69, 9.17) is 18.0 Å². The minimum atomic E-state index is -0.725. The molecule has 0 aliphatic heterocycles. The number of carbonyl (C=O) groups is 1. The molecule has 0 saturated heterocycles. The molecule has 0 bridgehead atoms. The molecule has 108 valence electrons. The summed E-state index contributed by atoms with van der Waals surface area (Å²) in [4.78, 5) is 11.9. The van der Waals surface area contributed by atoms with Crippen molar-refractivity contribution in [1.29, 1.82) is 0 Å². The smallest absolute Gasteiger partial charge is 0.258 e. The number of benzene rings is 2. The third-order valence-electron chi connectivity index (χ3n) is 2.70. The fraction of sp³-hybridized carbons (Fsp3) is 0. The van der Waals surface area contributed by atoms with Crippen LogP contribution in [0, 0.1) is 11.6 Å². The van der Waals surface area contributed by atoms with Gasteiger partial charge in [0, 0.05) is 0 Å². The van der Waals surface area contributed by atoms with Gasteiger partial charge in [-0.15, -0.1) is 0 Å². The van der Waals surface area contributed by atoms with Crippen molar-refractivity contribution in [3.05, 3.63) is 63.6 Å². The highest BCUT2D eigenvalue weighted by atomic mass is 79.9.